The molecule has 1 fully saturated rings. The molecule has 152 valence electrons. The lowest BCUT2D eigenvalue weighted by molar-refractivity contribution is -0.146. The molecule has 0 aliphatic carbocycles. The molecule has 1 aromatic heterocycles. The van der Waals surface area contributed by atoms with Crippen molar-refractivity contribution in [2.45, 2.75) is 26.2 Å². The minimum atomic E-state index is -4.59. The zero-order valence-electron chi connectivity index (χ0n) is 15.1. The molecule has 3 rings (SSSR count). The number of nitrogens with zero attached hydrogens (tertiary/aromatic N) is 4. The van der Waals surface area contributed by atoms with Crippen molar-refractivity contribution in [3.05, 3.63) is 52.9 Å². The first-order valence-electron chi connectivity index (χ1n) is 8.70. The summed E-state index contributed by atoms with van der Waals surface area (Å²) in [5.74, 6) is -2.28. The Hall–Kier alpha value is -2.49. The standard InChI is InChI=1S/C18H19F5N4O/c1-12-9-15(18(21,22)23)27(24-12)11-16(28)26-7-5-25(6-8-26)10-13-3-2-4-14(19)17(13)20/h2-4,9H,5-8,10-11H2,1H3. The third-order valence-corrected chi connectivity index (χ3v) is 4.63. The van der Waals surface area contributed by atoms with Crippen molar-refractivity contribution >= 4 is 5.91 Å². The van der Waals surface area contributed by atoms with Gasteiger partial charge in [-0.25, -0.2) is 8.78 Å². The predicted molar refractivity (Wildman–Crippen MR) is 90.2 cm³/mol. The van der Waals surface area contributed by atoms with Crippen molar-refractivity contribution in [3.63, 3.8) is 0 Å². The molecule has 2 aromatic rings. The average Bonchev–Trinajstić information content (AvgIpc) is 3.00. The number of alkyl halides is 3. The lowest BCUT2D eigenvalue weighted by atomic mass is 10.1. The molecule has 10 heteroatoms. The van der Waals surface area contributed by atoms with Crippen LogP contribution in [-0.2, 0) is 24.1 Å². The molecule has 1 saturated heterocycles. The lowest BCUT2D eigenvalue weighted by Gasteiger charge is -2.35. The van der Waals surface area contributed by atoms with Crippen molar-refractivity contribution < 1.29 is 26.7 Å². The van der Waals surface area contributed by atoms with E-state index in [4.69, 9.17) is 0 Å². The first-order chi connectivity index (χ1) is 13.1. The molecule has 0 unspecified atom stereocenters. The maximum absolute atomic E-state index is 13.8. The third-order valence-electron chi connectivity index (χ3n) is 4.63. The molecular formula is C18H19F5N4O. The number of hydrogen-bond donors (Lipinski definition) is 0. The van der Waals surface area contributed by atoms with Crippen LogP contribution in [0.25, 0.3) is 0 Å². The van der Waals surface area contributed by atoms with Crippen molar-refractivity contribution in [2.75, 3.05) is 26.2 Å². The van der Waals surface area contributed by atoms with Crippen LogP contribution in [0, 0.1) is 18.6 Å². The predicted octanol–water partition coefficient (Wildman–Crippen LogP) is 2.83. The molecular weight excluding hydrogens is 383 g/mol. The lowest BCUT2D eigenvalue weighted by Crippen LogP contribution is -2.49. The van der Waals surface area contributed by atoms with E-state index in [1.165, 1.54) is 24.0 Å². The van der Waals surface area contributed by atoms with Crippen LogP contribution in [0.15, 0.2) is 24.3 Å². The molecule has 28 heavy (non-hydrogen) atoms. The Morgan fingerprint density at radius 1 is 1.14 bits per heavy atom. The Balaban J connectivity index is 1.58. The molecule has 1 aliphatic heterocycles. The molecule has 1 amide bonds. The number of amides is 1. The van der Waals surface area contributed by atoms with Gasteiger partial charge in [0.15, 0.2) is 11.6 Å². The van der Waals surface area contributed by atoms with Crippen molar-refractivity contribution in [2.24, 2.45) is 0 Å². The Morgan fingerprint density at radius 2 is 1.82 bits per heavy atom. The first kappa shape index (κ1) is 20.2. The van der Waals surface area contributed by atoms with Crippen LogP contribution < -0.4 is 0 Å². The first-order valence-corrected chi connectivity index (χ1v) is 8.70. The van der Waals surface area contributed by atoms with Gasteiger partial charge in [-0.2, -0.15) is 18.3 Å². The summed E-state index contributed by atoms with van der Waals surface area (Å²) in [5, 5.41) is 3.76. The Kier molecular flexibility index (Phi) is 5.69. The summed E-state index contributed by atoms with van der Waals surface area (Å²) in [6.45, 7) is 2.52. The molecule has 0 atom stereocenters. The van der Waals surface area contributed by atoms with E-state index >= 15 is 0 Å². The van der Waals surface area contributed by atoms with Crippen LogP contribution in [0.5, 0.6) is 0 Å². The molecule has 2 heterocycles. The number of benzene rings is 1. The van der Waals surface area contributed by atoms with E-state index in [9.17, 15) is 26.7 Å². The molecule has 0 spiro atoms. The number of halogens is 5. The molecule has 1 aromatic carbocycles. The zero-order chi connectivity index (χ0) is 20.5. The van der Waals surface area contributed by atoms with E-state index in [0.717, 1.165) is 12.1 Å². The maximum Gasteiger partial charge on any atom is 0.433 e. The summed E-state index contributed by atoms with van der Waals surface area (Å²) in [5.41, 5.74) is -0.553. The quantitative estimate of drug-likeness (QED) is 0.739. The van der Waals surface area contributed by atoms with Crippen LogP contribution in [-0.4, -0.2) is 51.7 Å². The smallest absolute Gasteiger partial charge is 0.339 e. The van der Waals surface area contributed by atoms with Gasteiger partial charge >= 0.3 is 6.18 Å². The fourth-order valence-electron chi connectivity index (χ4n) is 3.19. The molecule has 0 N–H and O–H groups in total. The van der Waals surface area contributed by atoms with Gasteiger partial charge in [0.1, 0.15) is 12.2 Å². The van der Waals surface area contributed by atoms with E-state index in [1.54, 1.807) is 0 Å². The highest BCUT2D eigenvalue weighted by atomic mass is 19.4. The number of carbonyl (C=O) groups is 1. The van der Waals surface area contributed by atoms with Gasteiger partial charge in [-0.1, -0.05) is 12.1 Å². The molecule has 1 aliphatic rings. The fraction of sp³-hybridized carbons (Fsp3) is 0.444. The molecule has 0 bridgehead atoms. The van der Waals surface area contributed by atoms with Gasteiger partial charge < -0.3 is 4.90 Å². The zero-order valence-corrected chi connectivity index (χ0v) is 15.1. The summed E-state index contributed by atoms with van der Waals surface area (Å²) >= 11 is 0. The van der Waals surface area contributed by atoms with Crippen molar-refractivity contribution in [1.82, 2.24) is 19.6 Å². The van der Waals surface area contributed by atoms with Crippen LogP contribution in [0.1, 0.15) is 17.0 Å². The van der Waals surface area contributed by atoms with E-state index in [2.05, 4.69) is 5.10 Å². The normalized spacial score (nSPS) is 15.9. The number of aromatic nitrogens is 2. The maximum atomic E-state index is 13.8. The Morgan fingerprint density at radius 3 is 2.46 bits per heavy atom. The van der Waals surface area contributed by atoms with Gasteiger partial charge in [0, 0.05) is 38.3 Å². The van der Waals surface area contributed by atoms with Crippen LogP contribution in [0.2, 0.25) is 0 Å². The van der Waals surface area contributed by atoms with Gasteiger partial charge in [-0.3, -0.25) is 14.4 Å². The van der Waals surface area contributed by atoms with Gasteiger partial charge in [0.2, 0.25) is 5.91 Å². The van der Waals surface area contributed by atoms with E-state index < -0.39 is 36.0 Å². The van der Waals surface area contributed by atoms with Crippen LogP contribution in [0.3, 0.4) is 0 Å². The van der Waals surface area contributed by atoms with E-state index in [1.807, 2.05) is 4.90 Å². The van der Waals surface area contributed by atoms with Crippen molar-refractivity contribution in [1.29, 1.82) is 0 Å². The monoisotopic (exact) mass is 402 g/mol. The summed E-state index contributed by atoms with van der Waals surface area (Å²) in [6.07, 6.45) is -4.59. The average molecular weight is 402 g/mol. The second kappa shape index (κ2) is 7.86. The molecule has 0 radical (unpaired) electrons. The minimum Gasteiger partial charge on any atom is -0.339 e. The SMILES string of the molecule is Cc1cc(C(F)(F)F)n(CC(=O)N2CCN(Cc3cccc(F)c3F)CC2)n1. The van der Waals surface area contributed by atoms with Gasteiger partial charge in [0.25, 0.3) is 0 Å². The van der Waals surface area contributed by atoms with Crippen LogP contribution in [0.4, 0.5) is 22.0 Å². The highest BCUT2D eigenvalue weighted by Crippen LogP contribution is 2.29. The van der Waals surface area contributed by atoms with E-state index in [0.29, 0.717) is 17.8 Å². The Labute approximate surface area is 158 Å². The second-order valence-electron chi connectivity index (χ2n) is 6.70. The van der Waals surface area contributed by atoms with Crippen molar-refractivity contribution in [3.8, 4) is 0 Å². The third kappa shape index (κ3) is 4.49. The van der Waals surface area contributed by atoms with Gasteiger partial charge in [-0.15, -0.1) is 0 Å². The molecule has 0 saturated carbocycles. The van der Waals surface area contributed by atoms with Gasteiger partial charge in [0.05, 0.1) is 5.69 Å². The number of carbonyl (C=O) groups excluding carboxylic acids is 1. The summed E-state index contributed by atoms with van der Waals surface area (Å²) in [7, 11) is 0. The Bertz CT molecular complexity index is 856. The van der Waals surface area contributed by atoms with Crippen LogP contribution >= 0.6 is 0 Å². The summed E-state index contributed by atoms with van der Waals surface area (Å²) in [6, 6.07) is 4.87. The number of hydrogen-bond acceptors (Lipinski definition) is 3. The highest BCUT2D eigenvalue weighted by molar-refractivity contribution is 5.76. The fourth-order valence-corrected chi connectivity index (χ4v) is 3.19. The minimum absolute atomic E-state index is 0.182. The summed E-state index contributed by atoms with van der Waals surface area (Å²) < 4.78 is 66.8. The topological polar surface area (TPSA) is 41.4 Å². The summed E-state index contributed by atoms with van der Waals surface area (Å²) in [4.78, 5) is 15.7. The number of aryl methyl sites for hydroxylation is 1. The highest BCUT2D eigenvalue weighted by Gasteiger charge is 2.36. The molecule has 5 nitrogen and oxygen atoms in total. The number of piperazine rings is 1. The van der Waals surface area contributed by atoms with Gasteiger partial charge in [-0.05, 0) is 19.1 Å². The van der Waals surface area contributed by atoms with E-state index in [-0.39, 0.29) is 30.9 Å². The second-order valence-corrected chi connectivity index (χ2v) is 6.70. The number of rotatable bonds is 4. The largest absolute Gasteiger partial charge is 0.433 e.